The number of phosphoric acid groups is 2. The predicted molar refractivity (Wildman–Crippen MR) is 381 cm³/mol. The molecule has 0 aliphatic rings. The SMILES string of the molecule is CCCCCCCCCCCCCCCCCCCCCC(=O)O[C@H](COC(=O)CCCCCCCCCCCCCCCCC(C)CC)COP(=O)(O)OC[C@@H](O)COP(=O)(O)OC[C@@H](COC(=O)CCCCCCCCC)OC(=O)CCCCCCCCC(C)CC. The number of rotatable bonds is 74. The smallest absolute Gasteiger partial charge is 0.462 e. The van der Waals surface area contributed by atoms with E-state index in [2.05, 4.69) is 41.5 Å². The van der Waals surface area contributed by atoms with Crippen LogP contribution in [0.5, 0.6) is 0 Å². The molecule has 0 radical (unpaired) electrons. The van der Waals surface area contributed by atoms with Crippen LogP contribution in [-0.2, 0) is 65.4 Å². The van der Waals surface area contributed by atoms with Crippen LogP contribution in [0.3, 0.4) is 0 Å². The Bertz CT molecular complexity index is 1820. The summed E-state index contributed by atoms with van der Waals surface area (Å²) in [6.07, 6.45) is 54.4. The Hall–Kier alpha value is -1.94. The number of carbonyl (C=O) groups excluding carboxylic acids is 4. The molecule has 19 heteroatoms. The van der Waals surface area contributed by atoms with Crippen molar-refractivity contribution < 1.29 is 80.2 Å². The molecule has 0 heterocycles. The van der Waals surface area contributed by atoms with E-state index in [9.17, 15) is 43.2 Å². The monoisotopic (exact) mass is 1380 g/mol. The van der Waals surface area contributed by atoms with Gasteiger partial charge < -0.3 is 33.8 Å². The lowest BCUT2D eigenvalue weighted by molar-refractivity contribution is -0.161. The fourth-order valence-corrected chi connectivity index (χ4v) is 13.0. The first-order valence-corrected chi connectivity index (χ1v) is 42.1. The van der Waals surface area contributed by atoms with Crippen molar-refractivity contribution in [1.29, 1.82) is 0 Å². The second-order valence-corrected chi connectivity index (χ2v) is 30.4. The average molecular weight is 1380 g/mol. The zero-order valence-corrected chi connectivity index (χ0v) is 63.1. The topological polar surface area (TPSA) is 237 Å². The van der Waals surface area contributed by atoms with E-state index in [0.717, 1.165) is 115 Å². The summed E-state index contributed by atoms with van der Waals surface area (Å²) in [6.45, 7) is 9.55. The molecule has 0 bridgehead atoms. The van der Waals surface area contributed by atoms with Gasteiger partial charge in [0.15, 0.2) is 12.2 Å². The third-order valence-corrected chi connectivity index (χ3v) is 20.1. The van der Waals surface area contributed by atoms with Crippen LogP contribution >= 0.6 is 15.6 Å². The summed E-state index contributed by atoms with van der Waals surface area (Å²) in [4.78, 5) is 72.6. The fourth-order valence-electron chi connectivity index (χ4n) is 11.4. The standard InChI is InChI=1S/C75H146O17P2/c1-7-11-13-15-17-18-19-20-21-22-23-24-25-30-33-36-40-47-53-59-74(79)91-70(64-86-73(78)58-52-46-39-35-32-29-27-26-28-31-34-38-43-49-55-67(5)9-3)65-89-93(81,82)87-61-69(76)62-88-94(83,84)90-66-71(63-85-72(77)57-51-45-37-16-14-12-8-2)92-75(80)60-54-48-42-41-44-50-56-68(6)10-4/h67-71,76H,7-66H2,1-6H3,(H,81,82)(H,83,84)/t67?,68?,69-,70-,71-/m1/s1. The maximum Gasteiger partial charge on any atom is 0.472 e. The van der Waals surface area contributed by atoms with E-state index < -0.39 is 97.5 Å². The molecule has 7 atom stereocenters. The zero-order chi connectivity index (χ0) is 69.3. The third-order valence-electron chi connectivity index (χ3n) is 18.2. The summed E-state index contributed by atoms with van der Waals surface area (Å²) in [5.74, 6) is -0.554. The van der Waals surface area contributed by atoms with Crippen LogP contribution in [0, 0.1) is 11.8 Å². The molecule has 0 aromatic carbocycles. The molecule has 94 heavy (non-hydrogen) atoms. The molecule has 0 saturated heterocycles. The Morgan fingerprint density at radius 3 is 0.755 bits per heavy atom. The first-order valence-electron chi connectivity index (χ1n) is 39.1. The van der Waals surface area contributed by atoms with Gasteiger partial charge in [0.2, 0.25) is 0 Å². The van der Waals surface area contributed by atoms with Crippen LogP contribution in [0.2, 0.25) is 0 Å². The van der Waals surface area contributed by atoms with Crippen molar-refractivity contribution in [3.05, 3.63) is 0 Å². The van der Waals surface area contributed by atoms with Gasteiger partial charge in [0.05, 0.1) is 26.4 Å². The van der Waals surface area contributed by atoms with E-state index in [1.807, 2.05) is 0 Å². The van der Waals surface area contributed by atoms with Crippen molar-refractivity contribution >= 4 is 39.5 Å². The molecule has 0 aromatic rings. The van der Waals surface area contributed by atoms with Gasteiger partial charge in [-0.2, -0.15) is 0 Å². The number of hydrogen-bond donors (Lipinski definition) is 3. The molecule has 4 unspecified atom stereocenters. The summed E-state index contributed by atoms with van der Waals surface area (Å²) in [6, 6.07) is 0. The Balaban J connectivity index is 5.18. The van der Waals surface area contributed by atoms with Gasteiger partial charge in [-0.3, -0.25) is 37.3 Å². The Morgan fingerprint density at radius 1 is 0.298 bits per heavy atom. The van der Waals surface area contributed by atoms with Crippen molar-refractivity contribution in [3.63, 3.8) is 0 Å². The molecule has 0 aromatic heterocycles. The fraction of sp³-hybridized carbons (Fsp3) is 0.947. The normalized spacial score (nSPS) is 14.6. The number of aliphatic hydroxyl groups is 1. The maximum absolute atomic E-state index is 13.1. The molecule has 3 N–H and O–H groups in total. The molecule has 0 aliphatic carbocycles. The van der Waals surface area contributed by atoms with Gasteiger partial charge >= 0.3 is 39.5 Å². The lowest BCUT2D eigenvalue weighted by atomic mass is 9.99. The number of ether oxygens (including phenoxy) is 4. The van der Waals surface area contributed by atoms with Crippen molar-refractivity contribution in [2.24, 2.45) is 11.8 Å². The van der Waals surface area contributed by atoms with Gasteiger partial charge in [0.25, 0.3) is 0 Å². The quantitative estimate of drug-likeness (QED) is 0.0222. The molecule has 0 fully saturated rings. The van der Waals surface area contributed by atoms with E-state index in [1.54, 1.807) is 0 Å². The number of unbranched alkanes of at least 4 members (excludes halogenated alkanes) is 42. The van der Waals surface area contributed by atoms with Crippen molar-refractivity contribution in [3.8, 4) is 0 Å². The van der Waals surface area contributed by atoms with Crippen molar-refractivity contribution in [2.45, 2.75) is 407 Å². The van der Waals surface area contributed by atoms with Gasteiger partial charge in [0, 0.05) is 25.7 Å². The largest absolute Gasteiger partial charge is 0.472 e. The third kappa shape index (κ3) is 66.0. The van der Waals surface area contributed by atoms with Gasteiger partial charge in [-0.1, -0.05) is 337 Å². The summed E-state index contributed by atoms with van der Waals surface area (Å²) < 4.78 is 68.3. The number of carbonyl (C=O) groups is 4. The molecule has 17 nitrogen and oxygen atoms in total. The second kappa shape index (κ2) is 66.9. The highest BCUT2D eigenvalue weighted by Crippen LogP contribution is 2.45. The Kier molecular flexibility index (Phi) is 65.5. The van der Waals surface area contributed by atoms with Gasteiger partial charge in [-0.05, 0) is 37.5 Å². The number of hydrogen-bond acceptors (Lipinski definition) is 15. The predicted octanol–water partition coefficient (Wildman–Crippen LogP) is 21.9. The van der Waals surface area contributed by atoms with Crippen LogP contribution in [0.1, 0.15) is 388 Å². The highest BCUT2D eigenvalue weighted by atomic mass is 31.2. The van der Waals surface area contributed by atoms with Crippen LogP contribution in [-0.4, -0.2) is 96.7 Å². The highest BCUT2D eigenvalue weighted by molar-refractivity contribution is 7.47. The number of phosphoric ester groups is 2. The minimum Gasteiger partial charge on any atom is -0.462 e. The lowest BCUT2D eigenvalue weighted by Gasteiger charge is -2.21. The number of aliphatic hydroxyl groups excluding tert-OH is 1. The first kappa shape index (κ1) is 92.1. The molecule has 0 amide bonds. The van der Waals surface area contributed by atoms with E-state index >= 15 is 0 Å². The number of esters is 4. The van der Waals surface area contributed by atoms with Gasteiger partial charge in [-0.15, -0.1) is 0 Å². The Labute approximate surface area is 575 Å². The minimum absolute atomic E-state index is 0.103. The van der Waals surface area contributed by atoms with Gasteiger partial charge in [0.1, 0.15) is 19.3 Å². The molecule has 558 valence electrons. The summed E-state index contributed by atoms with van der Waals surface area (Å²) in [5.41, 5.74) is 0. The summed E-state index contributed by atoms with van der Waals surface area (Å²) in [7, 11) is -9.90. The molecule has 0 spiro atoms. The minimum atomic E-state index is -4.96. The molecule has 0 rings (SSSR count). The zero-order valence-electron chi connectivity index (χ0n) is 61.3. The van der Waals surface area contributed by atoms with Crippen molar-refractivity contribution in [2.75, 3.05) is 39.6 Å². The first-order chi connectivity index (χ1) is 45.4. The van der Waals surface area contributed by atoms with Crippen LogP contribution in [0.25, 0.3) is 0 Å². The van der Waals surface area contributed by atoms with Crippen LogP contribution < -0.4 is 0 Å². The Morgan fingerprint density at radius 2 is 0.511 bits per heavy atom. The second-order valence-electron chi connectivity index (χ2n) is 27.5. The van der Waals surface area contributed by atoms with E-state index in [1.165, 1.54) is 193 Å². The maximum atomic E-state index is 13.1. The summed E-state index contributed by atoms with van der Waals surface area (Å²) in [5, 5.41) is 10.6. The molecular formula is C75H146O17P2. The summed E-state index contributed by atoms with van der Waals surface area (Å²) >= 11 is 0. The molecular weight excluding hydrogens is 1230 g/mol. The lowest BCUT2D eigenvalue weighted by Crippen LogP contribution is -2.30. The van der Waals surface area contributed by atoms with Gasteiger partial charge in [-0.25, -0.2) is 9.13 Å². The highest BCUT2D eigenvalue weighted by Gasteiger charge is 2.30. The molecule has 0 saturated carbocycles. The van der Waals surface area contributed by atoms with Crippen LogP contribution in [0.15, 0.2) is 0 Å². The van der Waals surface area contributed by atoms with E-state index in [-0.39, 0.29) is 25.7 Å². The average Bonchev–Trinajstić information content (AvgIpc) is 1.98. The molecule has 0 aliphatic heterocycles. The van der Waals surface area contributed by atoms with E-state index in [4.69, 9.17) is 37.0 Å². The van der Waals surface area contributed by atoms with Crippen LogP contribution in [0.4, 0.5) is 0 Å². The van der Waals surface area contributed by atoms with E-state index in [0.29, 0.717) is 25.7 Å². The van der Waals surface area contributed by atoms with Crippen molar-refractivity contribution in [1.82, 2.24) is 0 Å².